The molecule has 0 radical (unpaired) electrons. The highest BCUT2D eigenvalue weighted by Crippen LogP contribution is 2.19. The Labute approximate surface area is 165 Å². The molecule has 0 aromatic carbocycles. The van der Waals surface area contributed by atoms with E-state index in [0.717, 1.165) is 25.7 Å². The number of esters is 2. The summed E-state index contributed by atoms with van der Waals surface area (Å²) in [7, 11) is 0. The van der Waals surface area contributed by atoms with Crippen molar-refractivity contribution in [3.8, 4) is 0 Å². The fourth-order valence-electron chi connectivity index (χ4n) is 3.51. The molecule has 1 saturated heterocycles. The number of hydrogen-bond donors (Lipinski definition) is 1. The van der Waals surface area contributed by atoms with Gasteiger partial charge in [0, 0.05) is 0 Å². The molecule has 0 bridgehead atoms. The summed E-state index contributed by atoms with van der Waals surface area (Å²) in [4.78, 5) is 24.6. The molecule has 0 aliphatic carbocycles. The van der Waals surface area contributed by atoms with E-state index in [1.165, 1.54) is 51.4 Å². The SMILES string of the molecule is CCCCCCCCOC(=O)C1CCNC1C(=O)OCCCCCCCC. The van der Waals surface area contributed by atoms with Crippen molar-refractivity contribution in [2.75, 3.05) is 19.8 Å². The van der Waals surface area contributed by atoms with Gasteiger partial charge in [0.2, 0.25) is 0 Å². The highest BCUT2D eigenvalue weighted by Gasteiger charge is 2.39. The van der Waals surface area contributed by atoms with Crippen molar-refractivity contribution in [2.45, 2.75) is 103 Å². The summed E-state index contributed by atoms with van der Waals surface area (Å²) in [6.07, 6.45) is 14.6. The molecule has 1 heterocycles. The lowest BCUT2D eigenvalue weighted by Crippen LogP contribution is -2.40. The van der Waals surface area contributed by atoms with Crippen LogP contribution in [0.2, 0.25) is 0 Å². The molecule has 2 unspecified atom stereocenters. The number of carbonyl (C=O) groups is 2. The standard InChI is InChI=1S/C22H41NO4/c1-3-5-7-9-11-13-17-26-21(24)19-15-16-23-20(19)22(25)27-18-14-12-10-8-6-4-2/h19-20,23H,3-18H2,1-2H3. The molecule has 0 spiro atoms. The van der Waals surface area contributed by atoms with Crippen LogP contribution >= 0.6 is 0 Å². The van der Waals surface area contributed by atoms with E-state index in [1.807, 2.05) is 0 Å². The summed E-state index contributed by atoms with van der Waals surface area (Å²) in [6, 6.07) is -0.540. The number of ether oxygens (including phenoxy) is 2. The summed E-state index contributed by atoms with van der Waals surface area (Å²) in [5.41, 5.74) is 0. The van der Waals surface area contributed by atoms with Crippen LogP contribution in [0.25, 0.3) is 0 Å². The zero-order valence-electron chi connectivity index (χ0n) is 17.6. The minimum Gasteiger partial charge on any atom is -0.465 e. The second kappa shape index (κ2) is 15.9. The third kappa shape index (κ3) is 10.7. The Kier molecular flexibility index (Phi) is 14.1. The van der Waals surface area contributed by atoms with Gasteiger partial charge in [-0.25, -0.2) is 0 Å². The van der Waals surface area contributed by atoms with Gasteiger partial charge in [0.25, 0.3) is 0 Å². The van der Waals surface area contributed by atoms with Crippen molar-refractivity contribution in [3.05, 3.63) is 0 Å². The molecule has 1 aliphatic heterocycles. The highest BCUT2D eigenvalue weighted by atomic mass is 16.5. The molecule has 2 atom stereocenters. The Morgan fingerprint density at radius 1 is 0.741 bits per heavy atom. The van der Waals surface area contributed by atoms with Crippen LogP contribution in [0.5, 0.6) is 0 Å². The predicted octanol–water partition coefficient (Wildman–Crippen LogP) is 4.77. The van der Waals surface area contributed by atoms with Crippen LogP contribution in [0.3, 0.4) is 0 Å². The topological polar surface area (TPSA) is 64.6 Å². The Hall–Kier alpha value is -1.10. The van der Waals surface area contributed by atoms with Crippen molar-refractivity contribution in [1.82, 2.24) is 5.32 Å². The van der Waals surface area contributed by atoms with Crippen molar-refractivity contribution >= 4 is 11.9 Å². The molecule has 1 rings (SSSR count). The van der Waals surface area contributed by atoms with Crippen LogP contribution in [-0.4, -0.2) is 37.7 Å². The Morgan fingerprint density at radius 3 is 1.78 bits per heavy atom. The molecule has 27 heavy (non-hydrogen) atoms. The molecule has 0 aromatic rings. The minimum atomic E-state index is -0.540. The first kappa shape index (κ1) is 23.9. The zero-order valence-corrected chi connectivity index (χ0v) is 17.6. The number of hydrogen-bond acceptors (Lipinski definition) is 5. The first-order valence-corrected chi connectivity index (χ1v) is 11.3. The van der Waals surface area contributed by atoms with E-state index < -0.39 is 12.0 Å². The van der Waals surface area contributed by atoms with E-state index >= 15 is 0 Å². The smallest absolute Gasteiger partial charge is 0.324 e. The molecule has 5 nitrogen and oxygen atoms in total. The summed E-state index contributed by atoms with van der Waals surface area (Å²) >= 11 is 0. The first-order chi connectivity index (χ1) is 13.2. The monoisotopic (exact) mass is 383 g/mol. The lowest BCUT2D eigenvalue weighted by atomic mass is 10.0. The van der Waals surface area contributed by atoms with Crippen molar-refractivity contribution in [2.24, 2.45) is 5.92 Å². The number of nitrogens with one attached hydrogen (secondary N) is 1. The summed E-state index contributed by atoms with van der Waals surface area (Å²) in [5.74, 6) is -0.959. The van der Waals surface area contributed by atoms with Gasteiger partial charge in [-0.15, -0.1) is 0 Å². The fourth-order valence-corrected chi connectivity index (χ4v) is 3.51. The average Bonchev–Trinajstić information content (AvgIpc) is 3.16. The van der Waals surface area contributed by atoms with Crippen LogP contribution in [-0.2, 0) is 19.1 Å². The zero-order chi connectivity index (χ0) is 19.7. The van der Waals surface area contributed by atoms with Crippen molar-refractivity contribution < 1.29 is 19.1 Å². The molecule has 1 aliphatic rings. The van der Waals surface area contributed by atoms with Crippen molar-refractivity contribution in [3.63, 3.8) is 0 Å². The van der Waals surface area contributed by atoms with Gasteiger partial charge in [-0.3, -0.25) is 9.59 Å². The van der Waals surface area contributed by atoms with Crippen LogP contribution < -0.4 is 5.32 Å². The third-order valence-electron chi connectivity index (χ3n) is 5.26. The molecule has 0 aromatic heterocycles. The number of carbonyl (C=O) groups excluding carboxylic acids is 2. The Balaban J connectivity index is 2.15. The second-order valence-electron chi connectivity index (χ2n) is 7.70. The molecule has 158 valence electrons. The second-order valence-corrected chi connectivity index (χ2v) is 7.70. The van der Waals surface area contributed by atoms with E-state index in [0.29, 0.717) is 26.2 Å². The number of rotatable bonds is 16. The summed E-state index contributed by atoms with van der Waals surface area (Å²) < 4.78 is 10.8. The van der Waals surface area contributed by atoms with Crippen LogP contribution in [0, 0.1) is 5.92 Å². The average molecular weight is 384 g/mol. The molecule has 5 heteroatoms. The van der Waals surface area contributed by atoms with Gasteiger partial charge in [0.1, 0.15) is 6.04 Å². The van der Waals surface area contributed by atoms with Gasteiger partial charge in [0.05, 0.1) is 19.1 Å². The van der Waals surface area contributed by atoms with Gasteiger partial charge < -0.3 is 14.8 Å². The van der Waals surface area contributed by atoms with Crippen LogP contribution in [0.15, 0.2) is 0 Å². The molecule has 1 N–H and O–H groups in total. The number of unbranched alkanes of at least 4 members (excludes halogenated alkanes) is 10. The van der Waals surface area contributed by atoms with Crippen molar-refractivity contribution in [1.29, 1.82) is 0 Å². The van der Waals surface area contributed by atoms with E-state index in [-0.39, 0.29) is 11.9 Å². The van der Waals surface area contributed by atoms with Crippen LogP contribution in [0.4, 0.5) is 0 Å². The maximum atomic E-state index is 12.3. The normalized spacial score (nSPS) is 19.2. The molecular weight excluding hydrogens is 342 g/mol. The maximum absolute atomic E-state index is 12.3. The summed E-state index contributed by atoms with van der Waals surface area (Å²) in [5, 5.41) is 3.11. The van der Waals surface area contributed by atoms with Gasteiger partial charge in [0.15, 0.2) is 0 Å². The van der Waals surface area contributed by atoms with E-state index in [4.69, 9.17) is 9.47 Å². The van der Waals surface area contributed by atoms with Gasteiger partial charge >= 0.3 is 11.9 Å². The van der Waals surface area contributed by atoms with Gasteiger partial charge in [-0.05, 0) is 25.8 Å². The highest BCUT2D eigenvalue weighted by molar-refractivity contribution is 5.85. The lowest BCUT2D eigenvalue weighted by Gasteiger charge is -2.17. The Bertz CT molecular complexity index is 364. The van der Waals surface area contributed by atoms with Gasteiger partial charge in [-0.1, -0.05) is 78.1 Å². The fraction of sp³-hybridized carbons (Fsp3) is 0.909. The lowest BCUT2D eigenvalue weighted by molar-refractivity contribution is -0.156. The molecular formula is C22H41NO4. The Morgan fingerprint density at radius 2 is 1.22 bits per heavy atom. The maximum Gasteiger partial charge on any atom is 0.324 e. The summed E-state index contributed by atoms with van der Waals surface area (Å²) in [6.45, 7) is 5.97. The predicted molar refractivity (Wildman–Crippen MR) is 109 cm³/mol. The molecule has 0 saturated carbocycles. The van der Waals surface area contributed by atoms with Crippen LogP contribution in [0.1, 0.15) is 97.3 Å². The van der Waals surface area contributed by atoms with E-state index in [2.05, 4.69) is 19.2 Å². The van der Waals surface area contributed by atoms with E-state index in [1.54, 1.807) is 0 Å². The minimum absolute atomic E-state index is 0.255. The van der Waals surface area contributed by atoms with Gasteiger partial charge in [-0.2, -0.15) is 0 Å². The van der Waals surface area contributed by atoms with E-state index in [9.17, 15) is 9.59 Å². The third-order valence-corrected chi connectivity index (χ3v) is 5.26. The molecule has 0 amide bonds. The first-order valence-electron chi connectivity index (χ1n) is 11.3. The largest absolute Gasteiger partial charge is 0.465 e. The quantitative estimate of drug-likeness (QED) is 0.307. The molecule has 1 fully saturated rings.